The zero-order valence-corrected chi connectivity index (χ0v) is 17.9. The zero-order valence-electron chi connectivity index (χ0n) is 17.1. The third-order valence-corrected chi connectivity index (χ3v) is 6.82. The molecule has 0 aliphatic carbocycles. The lowest BCUT2D eigenvalue weighted by Gasteiger charge is -2.16. The lowest BCUT2D eigenvalue weighted by molar-refractivity contribution is 0.0952. The van der Waals surface area contributed by atoms with E-state index in [1.165, 1.54) is 20.2 Å². The van der Waals surface area contributed by atoms with Crippen LogP contribution in [-0.2, 0) is 16.6 Å². The van der Waals surface area contributed by atoms with Gasteiger partial charge in [0.25, 0.3) is 5.91 Å². The van der Waals surface area contributed by atoms with Crippen molar-refractivity contribution in [2.75, 3.05) is 14.1 Å². The van der Waals surface area contributed by atoms with Crippen LogP contribution in [0.15, 0.2) is 82.3 Å². The third-order valence-electron chi connectivity index (χ3n) is 4.91. The van der Waals surface area contributed by atoms with Gasteiger partial charge in [0.15, 0.2) is 5.76 Å². The summed E-state index contributed by atoms with van der Waals surface area (Å²) in [5.74, 6) is 0.227. The first-order valence-corrected chi connectivity index (χ1v) is 11.0. The number of carbonyl (C=O) groups is 1. The van der Waals surface area contributed by atoms with Crippen LogP contribution in [0.4, 0.5) is 0 Å². The molecule has 1 amide bonds. The van der Waals surface area contributed by atoms with Crippen molar-refractivity contribution in [2.24, 2.45) is 0 Å². The molecule has 0 bridgehead atoms. The molecule has 0 unspecified atom stereocenters. The van der Waals surface area contributed by atoms with E-state index in [9.17, 15) is 13.2 Å². The van der Waals surface area contributed by atoms with Gasteiger partial charge < -0.3 is 9.73 Å². The lowest BCUT2D eigenvalue weighted by Crippen LogP contribution is -2.27. The Morgan fingerprint density at radius 2 is 1.77 bits per heavy atom. The number of hydrogen-bond donors (Lipinski definition) is 1. The zero-order chi connectivity index (χ0) is 22.0. The molecule has 0 fully saturated rings. The largest absolute Gasteiger partial charge is 0.463 e. The smallest absolute Gasteiger partial charge is 0.252 e. The highest BCUT2D eigenvalue weighted by atomic mass is 32.2. The van der Waals surface area contributed by atoms with E-state index in [1.807, 2.05) is 24.3 Å². The Morgan fingerprint density at radius 1 is 1.03 bits per heavy atom. The Kier molecular flexibility index (Phi) is 5.58. The van der Waals surface area contributed by atoms with Crippen LogP contribution < -0.4 is 5.32 Å². The monoisotopic (exact) mass is 435 g/mol. The Labute approximate surface area is 180 Å². The summed E-state index contributed by atoms with van der Waals surface area (Å²) in [5.41, 5.74) is 2.15. The predicted octanol–water partition coefficient (Wildman–Crippen LogP) is 3.68. The molecule has 158 valence electrons. The summed E-state index contributed by atoms with van der Waals surface area (Å²) in [6.07, 6.45) is 1.55. The topological polar surface area (TPSA) is 92.5 Å². The number of furan rings is 1. The van der Waals surface area contributed by atoms with E-state index in [0.29, 0.717) is 33.5 Å². The number of carbonyl (C=O) groups excluding carboxylic acids is 1. The fourth-order valence-electron chi connectivity index (χ4n) is 3.28. The third kappa shape index (κ3) is 4.08. The number of fused-ring (bicyclic) bond motifs is 1. The summed E-state index contributed by atoms with van der Waals surface area (Å²) >= 11 is 0. The van der Waals surface area contributed by atoms with Crippen molar-refractivity contribution < 1.29 is 17.6 Å². The highest BCUT2D eigenvalue weighted by Gasteiger charge is 2.21. The molecular formula is C23H21N3O4S. The highest BCUT2D eigenvalue weighted by molar-refractivity contribution is 7.89. The Morgan fingerprint density at radius 3 is 2.52 bits per heavy atom. The summed E-state index contributed by atoms with van der Waals surface area (Å²) in [7, 11) is -0.679. The molecule has 4 aromatic rings. The maximum absolute atomic E-state index is 13.1. The van der Waals surface area contributed by atoms with Crippen LogP contribution in [0, 0.1) is 0 Å². The molecule has 0 aliphatic rings. The van der Waals surface area contributed by atoms with E-state index in [-0.39, 0.29) is 17.3 Å². The molecule has 31 heavy (non-hydrogen) atoms. The maximum Gasteiger partial charge on any atom is 0.252 e. The van der Waals surface area contributed by atoms with Gasteiger partial charge in [-0.3, -0.25) is 4.79 Å². The summed E-state index contributed by atoms with van der Waals surface area (Å²) < 4.78 is 31.8. The number of amides is 1. The van der Waals surface area contributed by atoms with Crippen LogP contribution in [0.1, 0.15) is 15.9 Å². The number of rotatable bonds is 6. The van der Waals surface area contributed by atoms with Crippen molar-refractivity contribution in [1.82, 2.24) is 14.6 Å². The molecular weight excluding hydrogens is 414 g/mol. The van der Waals surface area contributed by atoms with Gasteiger partial charge in [-0.15, -0.1) is 0 Å². The molecule has 8 heteroatoms. The van der Waals surface area contributed by atoms with E-state index in [2.05, 4.69) is 10.3 Å². The Balaban J connectivity index is 1.68. The molecule has 7 nitrogen and oxygen atoms in total. The van der Waals surface area contributed by atoms with Gasteiger partial charge in [0.05, 0.1) is 22.2 Å². The van der Waals surface area contributed by atoms with Crippen LogP contribution in [-0.4, -0.2) is 37.7 Å². The first-order valence-electron chi connectivity index (χ1n) is 9.60. The van der Waals surface area contributed by atoms with E-state index >= 15 is 0 Å². The predicted molar refractivity (Wildman–Crippen MR) is 118 cm³/mol. The van der Waals surface area contributed by atoms with Gasteiger partial charge in [0.1, 0.15) is 5.69 Å². The molecule has 4 rings (SSSR count). The number of nitrogens with one attached hydrogen (secondary N) is 1. The second-order valence-corrected chi connectivity index (χ2v) is 9.25. The molecule has 0 aliphatic heterocycles. The average molecular weight is 436 g/mol. The SMILES string of the molecule is CN(C)S(=O)(=O)c1ccccc1CNC(=O)c1cc(-c2ccco2)nc2ccccc12. The molecule has 0 saturated heterocycles. The average Bonchev–Trinajstić information content (AvgIpc) is 3.32. The van der Waals surface area contributed by atoms with Crippen LogP contribution in [0.25, 0.3) is 22.4 Å². The summed E-state index contributed by atoms with van der Waals surface area (Å²) in [5, 5.41) is 3.55. The first-order chi connectivity index (χ1) is 14.9. The fraction of sp³-hybridized carbons (Fsp3) is 0.130. The van der Waals surface area contributed by atoms with Gasteiger partial charge in [-0.2, -0.15) is 0 Å². The van der Waals surface area contributed by atoms with Crippen LogP contribution in [0.3, 0.4) is 0 Å². The molecule has 1 N–H and O–H groups in total. The first kappa shape index (κ1) is 20.8. The minimum Gasteiger partial charge on any atom is -0.463 e. The Bertz CT molecular complexity index is 1350. The standard InChI is InChI=1S/C23H21N3O4S/c1-26(2)31(28,29)22-12-6-3-8-16(22)15-24-23(27)18-14-20(21-11-7-13-30-21)25-19-10-5-4-9-17(18)19/h3-14H,15H2,1-2H3,(H,24,27). The summed E-state index contributed by atoms with van der Waals surface area (Å²) in [6.45, 7) is 0.0643. The number of sulfonamides is 1. The van der Waals surface area contributed by atoms with Gasteiger partial charge >= 0.3 is 0 Å². The van der Waals surface area contributed by atoms with Gasteiger partial charge in [-0.1, -0.05) is 36.4 Å². The van der Waals surface area contributed by atoms with E-state index in [1.54, 1.807) is 42.7 Å². The van der Waals surface area contributed by atoms with Crippen LogP contribution >= 0.6 is 0 Å². The van der Waals surface area contributed by atoms with Gasteiger partial charge in [-0.05, 0) is 35.9 Å². The summed E-state index contributed by atoms with van der Waals surface area (Å²) in [4.78, 5) is 17.9. The molecule has 0 spiro atoms. The van der Waals surface area contributed by atoms with Crippen molar-refractivity contribution in [3.8, 4) is 11.5 Å². The molecule has 0 saturated carbocycles. The van der Waals surface area contributed by atoms with Crippen molar-refractivity contribution in [2.45, 2.75) is 11.4 Å². The van der Waals surface area contributed by atoms with Crippen molar-refractivity contribution >= 4 is 26.8 Å². The molecule has 2 aromatic heterocycles. The maximum atomic E-state index is 13.1. The quantitative estimate of drug-likeness (QED) is 0.499. The lowest BCUT2D eigenvalue weighted by atomic mass is 10.1. The Hall–Kier alpha value is -3.49. The normalized spacial score (nSPS) is 11.7. The number of pyridine rings is 1. The van der Waals surface area contributed by atoms with E-state index < -0.39 is 10.0 Å². The number of para-hydroxylation sites is 1. The van der Waals surface area contributed by atoms with Crippen LogP contribution in [0.2, 0.25) is 0 Å². The van der Waals surface area contributed by atoms with Crippen molar-refractivity contribution in [1.29, 1.82) is 0 Å². The molecule has 0 atom stereocenters. The molecule has 2 aromatic carbocycles. The minimum absolute atomic E-state index is 0.0643. The van der Waals surface area contributed by atoms with Crippen molar-refractivity contribution in [3.63, 3.8) is 0 Å². The fourth-order valence-corrected chi connectivity index (χ4v) is 4.40. The number of benzene rings is 2. The van der Waals surface area contributed by atoms with Gasteiger partial charge in [-0.25, -0.2) is 17.7 Å². The minimum atomic E-state index is -3.63. The molecule has 2 heterocycles. The highest BCUT2D eigenvalue weighted by Crippen LogP contribution is 2.25. The number of nitrogens with zero attached hydrogens (tertiary/aromatic N) is 2. The van der Waals surface area contributed by atoms with E-state index in [4.69, 9.17) is 4.42 Å². The molecule has 0 radical (unpaired) electrons. The van der Waals surface area contributed by atoms with Gasteiger partial charge in [0, 0.05) is 26.0 Å². The van der Waals surface area contributed by atoms with Crippen LogP contribution in [0.5, 0.6) is 0 Å². The second-order valence-electron chi connectivity index (χ2n) is 7.13. The number of hydrogen-bond acceptors (Lipinski definition) is 5. The number of aromatic nitrogens is 1. The van der Waals surface area contributed by atoms with E-state index in [0.717, 1.165) is 4.31 Å². The second kappa shape index (κ2) is 8.33. The van der Waals surface area contributed by atoms with Crippen molar-refractivity contribution in [3.05, 3.63) is 84.1 Å². The summed E-state index contributed by atoms with van der Waals surface area (Å²) in [6, 6.07) is 19.2. The van der Waals surface area contributed by atoms with Gasteiger partial charge in [0.2, 0.25) is 10.0 Å².